The standard InChI is InChI=1S/C17H29N/c1-5-6-7-8-9-10-16(4)18-17-12-11-14(2)15(3)13-17/h11-13,16,18H,5-10H2,1-4H3. The van der Waals surface area contributed by atoms with E-state index in [1.165, 1.54) is 55.3 Å². The van der Waals surface area contributed by atoms with Crippen LogP contribution < -0.4 is 5.32 Å². The van der Waals surface area contributed by atoms with Crippen molar-refractivity contribution in [1.82, 2.24) is 0 Å². The van der Waals surface area contributed by atoms with Crippen molar-refractivity contribution >= 4 is 5.69 Å². The Hall–Kier alpha value is -0.980. The van der Waals surface area contributed by atoms with Crippen molar-refractivity contribution in [2.45, 2.75) is 72.3 Å². The highest BCUT2D eigenvalue weighted by Crippen LogP contribution is 2.16. The number of nitrogens with one attached hydrogen (secondary N) is 1. The lowest BCUT2D eigenvalue weighted by molar-refractivity contribution is 0.578. The summed E-state index contributed by atoms with van der Waals surface area (Å²) in [5.74, 6) is 0. The van der Waals surface area contributed by atoms with Crippen molar-refractivity contribution < 1.29 is 0 Å². The Morgan fingerprint density at radius 3 is 2.39 bits per heavy atom. The zero-order valence-electron chi connectivity index (χ0n) is 12.6. The predicted molar refractivity (Wildman–Crippen MR) is 82.4 cm³/mol. The number of hydrogen-bond donors (Lipinski definition) is 1. The Kier molecular flexibility index (Phi) is 6.85. The van der Waals surface area contributed by atoms with Crippen LogP contribution in [0.1, 0.15) is 63.5 Å². The highest BCUT2D eigenvalue weighted by Gasteiger charge is 2.02. The van der Waals surface area contributed by atoms with Gasteiger partial charge in [-0.05, 0) is 50.5 Å². The fraction of sp³-hybridized carbons (Fsp3) is 0.647. The molecule has 0 heterocycles. The largest absolute Gasteiger partial charge is 0.383 e. The highest BCUT2D eigenvalue weighted by atomic mass is 14.9. The maximum atomic E-state index is 3.60. The van der Waals surface area contributed by atoms with Crippen molar-refractivity contribution in [2.75, 3.05) is 5.32 Å². The molecule has 0 saturated carbocycles. The average Bonchev–Trinajstić information content (AvgIpc) is 2.34. The molecule has 102 valence electrons. The van der Waals surface area contributed by atoms with E-state index < -0.39 is 0 Å². The van der Waals surface area contributed by atoms with Crippen LogP contribution in [0.2, 0.25) is 0 Å². The second-order valence-electron chi connectivity index (χ2n) is 5.55. The molecule has 0 aliphatic rings. The monoisotopic (exact) mass is 247 g/mol. The summed E-state index contributed by atoms with van der Waals surface area (Å²) >= 11 is 0. The van der Waals surface area contributed by atoms with Gasteiger partial charge in [-0.25, -0.2) is 0 Å². The lowest BCUT2D eigenvalue weighted by atomic mass is 10.1. The van der Waals surface area contributed by atoms with Crippen molar-refractivity contribution in [3.05, 3.63) is 29.3 Å². The molecule has 0 fully saturated rings. The number of benzene rings is 1. The Balaban J connectivity index is 2.26. The van der Waals surface area contributed by atoms with Gasteiger partial charge in [0, 0.05) is 11.7 Å². The van der Waals surface area contributed by atoms with Gasteiger partial charge >= 0.3 is 0 Å². The smallest absolute Gasteiger partial charge is 0.0345 e. The lowest BCUT2D eigenvalue weighted by Crippen LogP contribution is -2.14. The minimum Gasteiger partial charge on any atom is -0.383 e. The quantitative estimate of drug-likeness (QED) is 0.601. The summed E-state index contributed by atoms with van der Waals surface area (Å²) in [6.45, 7) is 8.89. The van der Waals surface area contributed by atoms with Gasteiger partial charge in [0.15, 0.2) is 0 Å². The topological polar surface area (TPSA) is 12.0 Å². The molecule has 1 heteroatoms. The number of unbranched alkanes of at least 4 members (excludes halogenated alkanes) is 4. The van der Waals surface area contributed by atoms with E-state index in [0.717, 1.165) is 0 Å². The van der Waals surface area contributed by atoms with Crippen molar-refractivity contribution in [1.29, 1.82) is 0 Å². The molecule has 0 amide bonds. The SMILES string of the molecule is CCCCCCCC(C)Nc1ccc(C)c(C)c1. The molecule has 1 N–H and O–H groups in total. The molecule has 18 heavy (non-hydrogen) atoms. The Morgan fingerprint density at radius 1 is 1.00 bits per heavy atom. The molecule has 0 spiro atoms. The molecule has 1 rings (SSSR count). The van der Waals surface area contributed by atoms with Crippen molar-refractivity contribution in [3.8, 4) is 0 Å². The summed E-state index contributed by atoms with van der Waals surface area (Å²) < 4.78 is 0. The Labute approximate surface area is 113 Å². The first-order valence-corrected chi connectivity index (χ1v) is 7.47. The van der Waals surface area contributed by atoms with Gasteiger partial charge in [0.05, 0.1) is 0 Å². The van der Waals surface area contributed by atoms with Crippen LogP contribution in [0, 0.1) is 13.8 Å². The molecule has 1 nitrogen and oxygen atoms in total. The number of rotatable bonds is 8. The summed E-state index contributed by atoms with van der Waals surface area (Å²) in [6, 6.07) is 7.22. The van der Waals surface area contributed by atoms with Crippen LogP contribution >= 0.6 is 0 Å². The van der Waals surface area contributed by atoms with Crippen LogP contribution in [0.25, 0.3) is 0 Å². The molecule has 0 aliphatic heterocycles. The van der Waals surface area contributed by atoms with Gasteiger partial charge in [0.2, 0.25) is 0 Å². The van der Waals surface area contributed by atoms with E-state index in [-0.39, 0.29) is 0 Å². The highest BCUT2D eigenvalue weighted by molar-refractivity contribution is 5.48. The molecule has 0 bridgehead atoms. The van der Waals surface area contributed by atoms with Gasteiger partial charge in [0.25, 0.3) is 0 Å². The second kappa shape index (κ2) is 8.18. The molecule has 0 aliphatic carbocycles. The molecule has 0 saturated heterocycles. The fourth-order valence-corrected chi connectivity index (χ4v) is 2.24. The molecule has 0 aromatic heterocycles. The third-order valence-corrected chi connectivity index (χ3v) is 3.66. The molecule has 1 atom stereocenters. The van der Waals surface area contributed by atoms with Crippen molar-refractivity contribution in [3.63, 3.8) is 0 Å². The summed E-state index contributed by atoms with van der Waals surface area (Å²) in [5, 5.41) is 3.60. The fourth-order valence-electron chi connectivity index (χ4n) is 2.24. The Bertz CT molecular complexity index is 343. The molecule has 1 aromatic carbocycles. The zero-order valence-corrected chi connectivity index (χ0v) is 12.6. The van der Waals surface area contributed by atoms with Gasteiger partial charge in [0.1, 0.15) is 0 Å². The van der Waals surface area contributed by atoms with E-state index in [9.17, 15) is 0 Å². The summed E-state index contributed by atoms with van der Waals surface area (Å²) in [5.41, 5.74) is 4.00. The van der Waals surface area contributed by atoms with Crippen molar-refractivity contribution in [2.24, 2.45) is 0 Å². The van der Waals surface area contributed by atoms with E-state index in [2.05, 4.69) is 51.2 Å². The predicted octanol–water partition coefficient (Wildman–Crippen LogP) is 5.46. The van der Waals surface area contributed by atoms with Crippen LogP contribution in [-0.4, -0.2) is 6.04 Å². The molecular weight excluding hydrogens is 218 g/mol. The first-order chi connectivity index (χ1) is 8.63. The molecule has 1 aromatic rings. The molecule has 1 unspecified atom stereocenters. The minimum atomic E-state index is 0.578. The summed E-state index contributed by atoms with van der Waals surface area (Å²) in [4.78, 5) is 0. The number of anilines is 1. The van der Waals surface area contributed by atoms with Gasteiger partial charge in [-0.1, -0.05) is 45.1 Å². The van der Waals surface area contributed by atoms with E-state index >= 15 is 0 Å². The van der Waals surface area contributed by atoms with Gasteiger partial charge < -0.3 is 5.32 Å². The van der Waals surface area contributed by atoms with Gasteiger partial charge in [-0.3, -0.25) is 0 Å². The van der Waals surface area contributed by atoms with E-state index in [0.29, 0.717) is 6.04 Å². The number of aryl methyl sites for hydroxylation is 2. The Morgan fingerprint density at radius 2 is 1.72 bits per heavy atom. The summed E-state index contributed by atoms with van der Waals surface area (Å²) in [7, 11) is 0. The zero-order chi connectivity index (χ0) is 13.4. The third kappa shape index (κ3) is 5.57. The normalized spacial score (nSPS) is 12.4. The lowest BCUT2D eigenvalue weighted by Gasteiger charge is -2.16. The minimum absolute atomic E-state index is 0.578. The maximum absolute atomic E-state index is 3.60. The first kappa shape index (κ1) is 15.1. The van der Waals surface area contributed by atoms with Crippen LogP contribution in [0.4, 0.5) is 5.69 Å². The van der Waals surface area contributed by atoms with Crippen LogP contribution in [0.5, 0.6) is 0 Å². The summed E-state index contributed by atoms with van der Waals surface area (Å²) in [6.07, 6.45) is 8.12. The van der Waals surface area contributed by atoms with E-state index in [4.69, 9.17) is 0 Å². The van der Waals surface area contributed by atoms with E-state index in [1.807, 2.05) is 0 Å². The maximum Gasteiger partial charge on any atom is 0.0345 e. The van der Waals surface area contributed by atoms with E-state index in [1.54, 1.807) is 0 Å². The molecule has 0 radical (unpaired) electrons. The van der Waals surface area contributed by atoms with Gasteiger partial charge in [-0.2, -0.15) is 0 Å². The average molecular weight is 247 g/mol. The van der Waals surface area contributed by atoms with Crippen LogP contribution in [0.3, 0.4) is 0 Å². The third-order valence-electron chi connectivity index (χ3n) is 3.66. The van der Waals surface area contributed by atoms with Crippen LogP contribution in [-0.2, 0) is 0 Å². The number of hydrogen-bond acceptors (Lipinski definition) is 1. The van der Waals surface area contributed by atoms with Crippen LogP contribution in [0.15, 0.2) is 18.2 Å². The molecular formula is C17H29N. The van der Waals surface area contributed by atoms with Gasteiger partial charge in [-0.15, -0.1) is 0 Å². The second-order valence-corrected chi connectivity index (χ2v) is 5.55. The first-order valence-electron chi connectivity index (χ1n) is 7.47.